The molecule has 0 fully saturated rings. The molecule has 0 aromatic carbocycles. The van der Waals surface area contributed by atoms with Crippen molar-refractivity contribution in [1.82, 2.24) is 4.90 Å². The van der Waals surface area contributed by atoms with Gasteiger partial charge in [-0.15, -0.1) is 0 Å². The van der Waals surface area contributed by atoms with E-state index in [9.17, 15) is 0 Å². The van der Waals surface area contributed by atoms with E-state index in [1.54, 1.807) is 0 Å². The third kappa shape index (κ3) is 10.9. The summed E-state index contributed by atoms with van der Waals surface area (Å²) in [5, 5.41) is 0. The summed E-state index contributed by atoms with van der Waals surface area (Å²) in [7, 11) is 4.01. The summed E-state index contributed by atoms with van der Waals surface area (Å²) in [6.07, 6.45) is 0. The van der Waals surface area contributed by atoms with Crippen molar-refractivity contribution in [2.45, 2.75) is 0 Å². The monoisotopic (exact) mass is 326 g/mol. The van der Waals surface area contributed by atoms with Crippen molar-refractivity contribution in [2.75, 3.05) is 27.2 Å². The maximum Gasteiger partial charge on any atom is 0.00985 e. The second-order valence-corrected chi connectivity index (χ2v) is 1.59. The summed E-state index contributed by atoms with van der Waals surface area (Å²) < 4.78 is 0. The normalized spacial score (nSPS) is 8.57. The van der Waals surface area contributed by atoms with E-state index in [1.165, 1.54) is 0 Å². The first-order valence-corrected chi connectivity index (χ1v) is 2.12. The van der Waals surface area contributed by atoms with Gasteiger partial charge in [0.25, 0.3) is 0 Å². The molecule has 0 rings (SSSR count). The predicted octanol–water partition coefficient (Wildman–Crippen LogP) is -0.493. The molecule has 0 aromatic heterocycles. The fourth-order valence-corrected chi connectivity index (χ4v) is 0.258. The summed E-state index contributed by atoms with van der Waals surface area (Å²) in [4.78, 5) is 2.06. The number of likely N-dealkylation sites (N-methyl/N-ethyl adjacent to an activating group) is 1. The van der Waals surface area contributed by atoms with E-state index in [4.69, 9.17) is 5.73 Å². The number of nitrogens with zero attached hydrogens (tertiary/aromatic N) is 1. The van der Waals surface area contributed by atoms with Gasteiger partial charge in [0.1, 0.15) is 0 Å². The van der Waals surface area contributed by atoms with Gasteiger partial charge in [-0.1, -0.05) is 0 Å². The zero-order valence-corrected chi connectivity index (χ0v) is 9.10. The molecule has 0 amide bonds. The Balaban J connectivity index is 0. The number of hydrogen-bond acceptors (Lipinski definition) is 2. The van der Waals surface area contributed by atoms with E-state index >= 15 is 0 Å². The van der Waals surface area contributed by atoms with E-state index < -0.39 is 0 Å². The van der Waals surface area contributed by atoms with Crippen molar-refractivity contribution in [3.05, 3.63) is 0 Å². The summed E-state index contributed by atoms with van der Waals surface area (Å²) >= 11 is 0. The van der Waals surface area contributed by atoms with Crippen LogP contribution in [-0.4, -0.2) is 32.1 Å². The first-order chi connectivity index (χ1) is 2.77. The van der Waals surface area contributed by atoms with Crippen LogP contribution in [0.5, 0.6) is 0 Å². The molecule has 0 aliphatic carbocycles. The van der Waals surface area contributed by atoms with E-state index in [1.807, 2.05) is 14.1 Å². The molecule has 0 aliphatic rings. The van der Waals surface area contributed by atoms with Crippen LogP contribution in [-0.2, 0) is 0 Å². The third-order valence-corrected chi connectivity index (χ3v) is 0.576. The molecule has 0 radical (unpaired) electrons. The molecule has 0 unspecified atom stereocenters. The Hall–Kier alpha value is 0.972. The van der Waals surface area contributed by atoms with Crippen LogP contribution >= 0.6 is 0 Å². The molecule has 2 nitrogen and oxygen atoms in total. The van der Waals surface area contributed by atoms with Crippen LogP contribution in [0, 0.1) is 31.1 Å². The molecule has 42 valence electrons. The minimum absolute atomic E-state index is 0. The Morgan fingerprint density at radius 1 is 1.43 bits per heavy atom. The fourth-order valence-electron chi connectivity index (χ4n) is 0.258. The van der Waals surface area contributed by atoms with E-state index in [2.05, 4.69) is 4.90 Å². The maximum atomic E-state index is 5.19. The molecule has 0 atom stereocenters. The molecule has 2 N–H and O–H groups in total. The van der Waals surface area contributed by atoms with Crippen LogP contribution in [0.15, 0.2) is 0 Å². The van der Waals surface area contributed by atoms with Gasteiger partial charge in [0.05, 0.1) is 0 Å². The molecule has 0 heterocycles. The van der Waals surface area contributed by atoms with E-state index in [0.29, 0.717) is 0 Å². The quantitative estimate of drug-likeness (QED) is 0.742. The van der Waals surface area contributed by atoms with Crippen molar-refractivity contribution in [2.24, 2.45) is 5.73 Å². The average Bonchev–Trinajstić information content (AvgIpc) is 1.35. The SMILES string of the molecule is CN(C)CCN.[U]. The molecular formula is C4H12N2U. The zero-order valence-electron chi connectivity index (χ0n) is 4.94. The first kappa shape index (κ1) is 10.9. The number of nitrogens with two attached hydrogens (primary N) is 1. The second-order valence-electron chi connectivity index (χ2n) is 1.59. The first-order valence-electron chi connectivity index (χ1n) is 2.12. The van der Waals surface area contributed by atoms with Gasteiger partial charge in [-0.3, -0.25) is 0 Å². The summed E-state index contributed by atoms with van der Waals surface area (Å²) in [6, 6.07) is 0. The smallest absolute Gasteiger partial charge is 0.00985 e. The van der Waals surface area contributed by atoms with Crippen LogP contribution in [0.1, 0.15) is 0 Å². The van der Waals surface area contributed by atoms with Crippen LogP contribution in [0.2, 0.25) is 0 Å². The van der Waals surface area contributed by atoms with Crippen molar-refractivity contribution in [3.63, 3.8) is 0 Å². The van der Waals surface area contributed by atoms with Crippen molar-refractivity contribution in [3.8, 4) is 0 Å². The molecule has 3 heteroatoms. The molecular weight excluding hydrogens is 314 g/mol. The Labute approximate surface area is 68.8 Å². The predicted molar refractivity (Wildman–Crippen MR) is 27.6 cm³/mol. The maximum absolute atomic E-state index is 5.19. The molecule has 0 aromatic rings. The van der Waals surface area contributed by atoms with Crippen molar-refractivity contribution < 1.29 is 31.1 Å². The van der Waals surface area contributed by atoms with E-state index in [0.717, 1.165) is 13.1 Å². The van der Waals surface area contributed by atoms with Crippen molar-refractivity contribution >= 4 is 0 Å². The molecule has 0 spiro atoms. The molecule has 0 saturated carbocycles. The minimum Gasteiger partial charge on any atom is -0.329 e. The Morgan fingerprint density at radius 3 is 1.86 bits per heavy atom. The van der Waals surface area contributed by atoms with Gasteiger partial charge < -0.3 is 10.6 Å². The summed E-state index contributed by atoms with van der Waals surface area (Å²) in [5.41, 5.74) is 5.19. The van der Waals surface area contributed by atoms with Crippen LogP contribution in [0.4, 0.5) is 0 Å². The van der Waals surface area contributed by atoms with Gasteiger partial charge in [0.15, 0.2) is 0 Å². The zero-order chi connectivity index (χ0) is 4.99. The van der Waals surface area contributed by atoms with Crippen LogP contribution in [0.25, 0.3) is 0 Å². The minimum atomic E-state index is 0. The number of rotatable bonds is 2. The Kier molecular flexibility index (Phi) is 10.8. The van der Waals surface area contributed by atoms with Crippen molar-refractivity contribution in [1.29, 1.82) is 0 Å². The van der Waals surface area contributed by atoms with Gasteiger partial charge in [-0.2, -0.15) is 0 Å². The third-order valence-electron chi connectivity index (χ3n) is 0.576. The largest absolute Gasteiger partial charge is 0.329 e. The van der Waals surface area contributed by atoms with Gasteiger partial charge >= 0.3 is 0 Å². The van der Waals surface area contributed by atoms with Gasteiger partial charge in [0, 0.05) is 44.2 Å². The topological polar surface area (TPSA) is 29.3 Å². The van der Waals surface area contributed by atoms with Gasteiger partial charge in [0.2, 0.25) is 0 Å². The van der Waals surface area contributed by atoms with Crippen LogP contribution in [0.3, 0.4) is 0 Å². The summed E-state index contributed by atoms with van der Waals surface area (Å²) in [5.74, 6) is 0. The second kappa shape index (κ2) is 6.97. The molecule has 7 heavy (non-hydrogen) atoms. The fraction of sp³-hybridized carbons (Fsp3) is 1.00. The van der Waals surface area contributed by atoms with Gasteiger partial charge in [-0.05, 0) is 14.1 Å². The van der Waals surface area contributed by atoms with E-state index in [-0.39, 0.29) is 31.1 Å². The standard InChI is InChI=1S/C4H12N2.U/c1-6(2)4-3-5;/h3-5H2,1-2H3;. The van der Waals surface area contributed by atoms with Gasteiger partial charge in [-0.25, -0.2) is 0 Å². The Bertz CT molecular complexity index is 30.9. The molecule has 0 saturated heterocycles. The summed E-state index contributed by atoms with van der Waals surface area (Å²) in [6.45, 7) is 1.74. The Morgan fingerprint density at radius 2 is 1.86 bits per heavy atom. The average molecular weight is 326 g/mol. The van der Waals surface area contributed by atoms with Crippen LogP contribution < -0.4 is 5.73 Å². The number of hydrogen-bond donors (Lipinski definition) is 1. The molecule has 0 bridgehead atoms. The molecule has 0 aliphatic heterocycles.